The Labute approximate surface area is 105 Å². The summed E-state index contributed by atoms with van der Waals surface area (Å²) in [7, 11) is 1.25. The van der Waals surface area contributed by atoms with E-state index in [1.807, 2.05) is 0 Å². The number of pyridine rings is 1. The van der Waals surface area contributed by atoms with Gasteiger partial charge in [-0.05, 0) is 6.07 Å². The number of hydrogen-bond acceptors (Lipinski definition) is 3. The first kappa shape index (κ1) is 13.1. The van der Waals surface area contributed by atoms with Crippen molar-refractivity contribution in [3.8, 4) is 5.75 Å². The third kappa shape index (κ3) is 2.31. The maximum Gasteiger partial charge on any atom is 0.309 e. The van der Waals surface area contributed by atoms with Gasteiger partial charge in [-0.15, -0.1) is 0 Å². The summed E-state index contributed by atoms with van der Waals surface area (Å²) in [6, 6.07) is 2.00. The van der Waals surface area contributed by atoms with Gasteiger partial charge in [0.25, 0.3) is 0 Å². The normalized spacial score (nSPS) is 10.7. The Morgan fingerprint density at radius 1 is 1.32 bits per heavy atom. The van der Waals surface area contributed by atoms with E-state index >= 15 is 0 Å². The van der Waals surface area contributed by atoms with Crippen LogP contribution in [0.2, 0.25) is 0 Å². The maximum absolute atomic E-state index is 13.6. The van der Waals surface area contributed by atoms with Crippen LogP contribution < -0.4 is 4.74 Å². The largest absolute Gasteiger partial charge is 0.496 e. The molecule has 1 heterocycles. The van der Waals surface area contributed by atoms with Crippen LogP contribution in [0.15, 0.2) is 12.1 Å². The Hall–Kier alpha value is -2.31. The summed E-state index contributed by atoms with van der Waals surface area (Å²) in [5, 5.41) is 8.60. The average Bonchev–Trinajstić information content (AvgIpc) is 2.35. The van der Waals surface area contributed by atoms with Crippen LogP contribution in [-0.2, 0) is 11.2 Å². The fourth-order valence-corrected chi connectivity index (χ4v) is 1.70. The number of ether oxygens (including phenoxy) is 1. The SMILES string of the molecule is COc1cc(CC(=O)O)nc2c(F)c(F)c(F)cc12. The topological polar surface area (TPSA) is 59.4 Å². The molecular formula is C12H8F3NO3. The van der Waals surface area contributed by atoms with Gasteiger partial charge in [-0.25, -0.2) is 18.2 Å². The summed E-state index contributed by atoms with van der Waals surface area (Å²) in [6.45, 7) is 0. The van der Waals surface area contributed by atoms with Crippen LogP contribution in [0.1, 0.15) is 5.69 Å². The third-order valence-corrected chi connectivity index (χ3v) is 2.51. The summed E-state index contributed by atoms with van der Waals surface area (Å²) < 4.78 is 44.8. The van der Waals surface area contributed by atoms with Gasteiger partial charge >= 0.3 is 5.97 Å². The number of carboxylic acid groups (broad SMARTS) is 1. The van der Waals surface area contributed by atoms with Crippen LogP contribution in [0.5, 0.6) is 5.75 Å². The van der Waals surface area contributed by atoms with Crippen molar-refractivity contribution >= 4 is 16.9 Å². The van der Waals surface area contributed by atoms with E-state index in [9.17, 15) is 18.0 Å². The van der Waals surface area contributed by atoms with Crippen LogP contribution in [-0.4, -0.2) is 23.2 Å². The summed E-state index contributed by atoms with van der Waals surface area (Å²) in [4.78, 5) is 14.3. The van der Waals surface area contributed by atoms with Gasteiger partial charge < -0.3 is 9.84 Å². The van der Waals surface area contributed by atoms with E-state index in [0.717, 1.165) is 6.07 Å². The van der Waals surface area contributed by atoms with E-state index in [-0.39, 0.29) is 16.8 Å². The van der Waals surface area contributed by atoms with Gasteiger partial charge in [0.1, 0.15) is 11.3 Å². The number of carboxylic acids is 1. The molecule has 0 fully saturated rings. The predicted octanol–water partition coefficient (Wildman–Crippen LogP) is 2.29. The lowest BCUT2D eigenvalue weighted by Gasteiger charge is -2.09. The summed E-state index contributed by atoms with van der Waals surface area (Å²) in [5.41, 5.74) is -0.476. The lowest BCUT2D eigenvalue weighted by molar-refractivity contribution is -0.136. The van der Waals surface area contributed by atoms with Crippen LogP contribution >= 0.6 is 0 Å². The molecule has 0 saturated carbocycles. The number of methoxy groups -OCH3 is 1. The van der Waals surface area contributed by atoms with Gasteiger partial charge in [-0.2, -0.15) is 0 Å². The number of nitrogens with zero attached hydrogens (tertiary/aromatic N) is 1. The first-order valence-electron chi connectivity index (χ1n) is 5.17. The first-order valence-corrected chi connectivity index (χ1v) is 5.17. The molecule has 0 saturated heterocycles. The van der Waals surface area contributed by atoms with E-state index in [1.165, 1.54) is 13.2 Å². The van der Waals surface area contributed by atoms with Gasteiger partial charge in [-0.3, -0.25) is 4.79 Å². The van der Waals surface area contributed by atoms with Crippen molar-refractivity contribution in [2.45, 2.75) is 6.42 Å². The fraction of sp³-hybridized carbons (Fsp3) is 0.167. The molecule has 2 rings (SSSR count). The maximum atomic E-state index is 13.6. The lowest BCUT2D eigenvalue weighted by atomic mass is 10.1. The molecule has 19 heavy (non-hydrogen) atoms. The first-order chi connectivity index (χ1) is 8.93. The van der Waals surface area contributed by atoms with Crippen LogP contribution in [0.4, 0.5) is 13.2 Å². The van der Waals surface area contributed by atoms with Crippen LogP contribution in [0.25, 0.3) is 10.9 Å². The quantitative estimate of drug-likeness (QED) is 0.870. The summed E-state index contributed by atoms with van der Waals surface area (Å²) in [5.74, 6) is -5.65. The van der Waals surface area contributed by atoms with Crippen LogP contribution in [0, 0.1) is 17.5 Å². The molecule has 0 aliphatic rings. The highest BCUT2D eigenvalue weighted by molar-refractivity contribution is 5.86. The van der Waals surface area contributed by atoms with Crippen molar-refractivity contribution in [1.82, 2.24) is 4.98 Å². The van der Waals surface area contributed by atoms with Gasteiger partial charge in [-0.1, -0.05) is 0 Å². The molecule has 1 N–H and O–H groups in total. The Morgan fingerprint density at radius 3 is 2.58 bits per heavy atom. The van der Waals surface area contributed by atoms with Crippen molar-refractivity contribution in [3.63, 3.8) is 0 Å². The number of benzene rings is 1. The van der Waals surface area contributed by atoms with E-state index in [1.54, 1.807) is 0 Å². The molecule has 0 spiro atoms. The molecule has 0 radical (unpaired) electrons. The fourth-order valence-electron chi connectivity index (χ4n) is 1.70. The molecule has 0 atom stereocenters. The number of hydrogen-bond donors (Lipinski definition) is 1. The molecule has 1 aromatic carbocycles. The molecular weight excluding hydrogens is 263 g/mol. The van der Waals surface area contributed by atoms with E-state index in [4.69, 9.17) is 9.84 Å². The second kappa shape index (κ2) is 4.75. The number of rotatable bonds is 3. The molecule has 2 aromatic rings. The van der Waals surface area contributed by atoms with E-state index in [2.05, 4.69) is 4.98 Å². The van der Waals surface area contributed by atoms with Crippen molar-refractivity contribution in [2.75, 3.05) is 7.11 Å². The monoisotopic (exact) mass is 271 g/mol. The molecule has 100 valence electrons. The molecule has 4 nitrogen and oxygen atoms in total. The Kier molecular flexibility index (Phi) is 3.28. The number of carbonyl (C=O) groups is 1. The lowest BCUT2D eigenvalue weighted by Crippen LogP contribution is -2.05. The Bertz CT molecular complexity index is 673. The zero-order chi connectivity index (χ0) is 14.2. The number of fused-ring (bicyclic) bond motifs is 1. The van der Waals surface area contributed by atoms with Gasteiger partial charge in [0.15, 0.2) is 17.5 Å². The zero-order valence-corrected chi connectivity index (χ0v) is 9.71. The molecule has 1 aromatic heterocycles. The van der Waals surface area contributed by atoms with Gasteiger partial charge in [0.2, 0.25) is 0 Å². The van der Waals surface area contributed by atoms with E-state index < -0.39 is 35.4 Å². The number of aliphatic carboxylic acids is 1. The minimum absolute atomic E-state index is 0.0123. The second-order valence-electron chi connectivity index (χ2n) is 3.77. The number of halogens is 3. The van der Waals surface area contributed by atoms with Crippen molar-refractivity contribution in [3.05, 3.63) is 35.3 Å². The smallest absolute Gasteiger partial charge is 0.309 e. The van der Waals surface area contributed by atoms with Crippen molar-refractivity contribution < 1.29 is 27.8 Å². The molecule has 0 bridgehead atoms. The molecule has 7 heteroatoms. The molecule has 0 aliphatic carbocycles. The van der Waals surface area contributed by atoms with Crippen molar-refractivity contribution in [2.24, 2.45) is 0 Å². The zero-order valence-electron chi connectivity index (χ0n) is 9.71. The molecule has 0 unspecified atom stereocenters. The average molecular weight is 271 g/mol. The molecule has 0 amide bonds. The minimum Gasteiger partial charge on any atom is -0.496 e. The van der Waals surface area contributed by atoms with Gasteiger partial charge in [0.05, 0.1) is 19.2 Å². The third-order valence-electron chi connectivity index (χ3n) is 2.51. The molecule has 0 aliphatic heterocycles. The predicted molar refractivity (Wildman–Crippen MR) is 59.5 cm³/mol. The number of aromatic nitrogens is 1. The van der Waals surface area contributed by atoms with Crippen molar-refractivity contribution in [1.29, 1.82) is 0 Å². The van der Waals surface area contributed by atoms with Gasteiger partial charge in [0, 0.05) is 11.5 Å². The van der Waals surface area contributed by atoms with Crippen LogP contribution in [0.3, 0.4) is 0 Å². The second-order valence-corrected chi connectivity index (χ2v) is 3.77. The summed E-state index contributed by atoms with van der Waals surface area (Å²) in [6.07, 6.45) is -0.481. The van der Waals surface area contributed by atoms with E-state index in [0.29, 0.717) is 0 Å². The highest BCUT2D eigenvalue weighted by Crippen LogP contribution is 2.29. The minimum atomic E-state index is -1.66. The highest BCUT2D eigenvalue weighted by Gasteiger charge is 2.19. The highest BCUT2D eigenvalue weighted by atomic mass is 19.2. The Morgan fingerprint density at radius 2 is 2.00 bits per heavy atom. The Balaban J connectivity index is 2.77. The standard InChI is InChI=1S/C12H8F3NO3/c1-19-8-2-5(3-9(17)18)16-12-6(8)4-7(13)10(14)11(12)15/h2,4H,3H2,1H3,(H,17,18). The summed E-state index contributed by atoms with van der Waals surface area (Å²) >= 11 is 0.